The van der Waals surface area contributed by atoms with Gasteiger partial charge < -0.3 is 39.2 Å². The molecule has 0 atom stereocenters. The Kier molecular flexibility index (Phi) is 15.8. The molecule has 1 aromatic carbocycles. The first-order valence-electron chi connectivity index (χ1n) is 4.89. The SMILES string of the molecule is O=C([O-])COC(Oc1ccccc1)(C(=O)[O-])C(=O)[O-].[Na+].[Na+].[Na+]. The van der Waals surface area contributed by atoms with Crippen molar-refractivity contribution in [2.24, 2.45) is 0 Å². The third-order valence-electron chi connectivity index (χ3n) is 1.94. The molecule has 0 bridgehead atoms. The Balaban J connectivity index is -0.00000120. The standard InChI is InChI=1S/C11H10O8.3Na/c12-8(13)6-18-11(9(14)15,10(16)17)19-7-4-2-1-3-5-7;;;/h1-5H,6H2,(H,12,13)(H,14,15)(H,16,17);;;/q;3*+1/p-3. The topological polar surface area (TPSA) is 139 Å². The molecule has 8 nitrogen and oxygen atoms in total. The van der Waals surface area contributed by atoms with E-state index < -0.39 is 30.3 Å². The molecule has 0 aliphatic rings. The Morgan fingerprint density at radius 3 is 1.73 bits per heavy atom. The van der Waals surface area contributed by atoms with Crippen molar-refractivity contribution in [2.75, 3.05) is 6.61 Å². The van der Waals surface area contributed by atoms with Crippen LogP contribution in [0.1, 0.15) is 0 Å². The number of carboxylic acids is 3. The van der Waals surface area contributed by atoms with E-state index in [1.807, 2.05) is 0 Å². The molecule has 0 saturated carbocycles. The third kappa shape index (κ3) is 7.78. The Labute approximate surface area is 192 Å². The average molecular weight is 336 g/mol. The van der Waals surface area contributed by atoms with Crippen LogP contribution in [0.5, 0.6) is 5.75 Å². The summed E-state index contributed by atoms with van der Waals surface area (Å²) in [6.07, 6.45) is 0. The molecule has 0 heterocycles. The van der Waals surface area contributed by atoms with Gasteiger partial charge in [-0.05, 0) is 12.1 Å². The summed E-state index contributed by atoms with van der Waals surface area (Å²) in [5, 5.41) is 32.0. The predicted octanol–water partition coefficient (Wildman–Crippen LogP) is -13.0. The number of aliphatic carboxylic acids is 3. The van der Waals surface area contributed by atoms with E-state index in [9.17, 15) is 29.7 Å². The van der Waals surface area contributed by atoms with Crippen molar-refractivity contribution < 1.29 is 128 Å². The summed E-state index contributed by atoms with van der Waals surface area (Å²) in [6.45, 7) is -1.32. The molecule has 0 radical (unpaired) electrons. The van der Waals surface area contributed by atoms with E-state index in [2.05, 4.69) is 9.47 Å². The maximum atomic E-state index is 10.9. The molecule has 0 aliphatic heterocycles. The fourth-order valence-electron chi connectivity index (χ4n) is 1.13. The van der Waals surface area contributed by atoms with E-state index in [0.717, 1.165) is 0 Å². The maximum Gasteiger partial charge on any atom is 1.00 e. The van der Waals surface area contributed by atoms with Gasteiger partial charge in [0.15, 0.2) is 0 Å². The molecule has 0 spiro atoms. The van der Waals surface area contributed by atoms with Gasteiger partial charge in [-0.2, -0.15) is 0 Å². The van der Waals surface area contributed by atoms with Gasteiger partial charge in [-0.25, -0.2) is 0 Å². The van der Waals surface area contributed by atoms with Crippen LogP contribution in [0.15, 0.2) is 30.3 Å². The Bertz CT molecular complexity index is 479. The van der Waals surface area contributed by atoms with Crippen LogP contribution in [-0.4, -0.2) is 30.3 Å². The molecule has 1 aromatic rings. The zero-order valence-corrected chi connectivity index (χ0v) is 18.4. The summed E-state index contributed by atoms with van der Waals surface area (Å²) in [7, 11) is 0. The summed E-state index contributed by atoms with van der Waals surface area (Å²) < 4.78 is 8.85. The van der Waals surface area contributed by atoms with Crippen molar-refractivity contribution in [1.82, 2.24) is 0 Å². The molecule has 11 heteroatoms. The number of hydrogen-bond acceptors (Lipinski definition) is 8. The molecule has 102 valence electrons. The first kappa shape index (κ1) is 27.2. The number of hydrogen-bond donors (Lipinski definition) is 0. The smallest absolute Gasteiger partial charge is 0.548 e. The van der Waals surface area contributed by atoms with Gasteiger partial charge in [0.25, 0.3) is 5.79 Å². The van der Waals surface area contributed by atoms with Gasteiger partial charge in [-0.15, -0.1) is 0 Å². The second-order valence-electron chi connectivity index (χ2n) is 3.27. The van der Waals surface area contributed by atoms with Gasteiger partial charge in [0.1, 0.15) is 17.7 Å². The van der Waals surface area contributed by atoms with Crippen molar-refractivity contribution in [1.29, 1.82) is 0 Å². The van der Waals surface area contributed by atoms with Gasteiger partial charge in [0.2, 0.25) is 0 Å². The number of carbonyl (C=O) groups is 3. The average Bonchev–Trinajstić information content (AvgIpc) is 2.34. The number of benzene rings is 1. The zero-order chi connectivity index (χ0) is 14.5. The van der Waals surface area contributed by atoms with Crippen LogP contribution in [-0.2, 0) is 19.1 Å². The number of ether oxygens (including phenoxy) is 2. The summed E-state index contributed by atoms with van der Waals surface area (Å²) >= 11 is 0. The van der Waals surface area contributed by atoms with Gasteiger partial charge >= 0.3 is 88.7 Å². The van der Waals surface area contributed by atoms with E-state index >= 15 is 0 Å². The van der Waals surface area contributed by atoms with E-state index in [-0.39, 0.29) is 94.4 Å². The van der Waals surface area contributed by atoms with Crippen LogP contribution in [0, 0.1) is 0 Å². The summed E-state index contributed by atoms with van der Waals surface area (Å²) in [6, 6.07) is 6.91. The summed E-state index contributed by atoms with van der Waals surface area (Å²) in [5.41, 5.74) is 0. The molecule has 0 saturated heterocycles. The minimum absolute atomic E-state index is 0. The largest absolute Gasteiger partial charge is 1.00 e. The van der Waals surface area contributed by atoms with Crippen molar-refractivity contribution in [2.45, 2.75) is 5.79 Å². The van der Waals surface area contributed by atoms with Crippen molar-refractivity contribution in [3.05, 3.63) is 30.3 Å². The van der Waals surface area contributed by atoms with Gasteiger partial charge in [-0.1, -0.05) is 18.2 Å². The fourth-order valence-corrected chi connectivity index (χ4v) is 1.13. The molecule has 0 fully saturated rings. The molecule has 0 N–H and O–H groups in total. The molecule has 0 amide bonds. The van der Waals surface area contributed by atoms with Gasteiger partial charge in [0.05, 0.1) is 12.6 Å². The van der Waals surface area contributed by atoms with Crippen molar-refractivity contribution in [3.63, 3.8) is 0 Å². The first-order valence-corrected chi connectivity index (χ1v) is 4.89. The van der Waals surface area contributed by atoms with Crippen LogP contribution >= 0.6 is 0 Å². The third-order valence-corrected chi connectivity index (χ3v) is 1.94. The van der Waals surface area contributed by atoms with Crippen LogP contribution in [0.25, 0.3) is 0 Å². The molecule has 0 aliphatic carbocycles. The Morgan fingerprint density at radius 2 is 1.36 bits per heavy atom. The molecule has 22 heavy (non-hydrogen) atoms. The first-order chi connectivity index (χ1) is 8.88. The van der Waals surface area contributed by atoms with Gasteiger partial charge in [-0.3, -0.25) is 0 Å². The monoisotopic (exact) mass is 336 g/mol. The quantitative estimate of drug-likeness (QED) is 0.272. The van der Waals surface area contributed by atoms with Crippen molar-refractivity contribution >= 4 is 17.9 Å². The van der Waals surface area contributed by atoms with Crippen molar-refractivity contribution in [3.8, 4) is 5.75 Å². The number of para-hydroxylation sites is 1. The second kappa shape index (κ2) is 12.8. The normalized spacial score (nSPS) is 9.27. The van der Waals surface area contributed by atoms with E-state index in [4.69, 9.17) is 0 Å². The summed E-state index contributed by atoms with van der Waals surface area (Å²) in [5.74, 6) is -10.0. The van der Waals surface area contributed by atoms with E-state index in [1.165, 1.54) is 24.3 Å². The Morgan fingerprint density at radius 1 is 0.909 bits per heavy atom. The van der Waals surface area contributed by atoms with Crippen LogP contribution in [0.4, 0.5) is 0 Å². The minimum atomic E-state index is -3.37. The zero-order valence-electron chi connectivity index (χ0n) is 12.4. The maximum absolute atomic E-state index is 10.9. The van der Waals surface area contributed by atoms with E-state index in [0.29, 0.717) is 0 Å². The fraction of sp³-hybridized carbons (Fsp3) is 0.182. The predicted molar refractivity (Wildman–Crippen MR) is 50.8 cm³/mol. The molecule has 1 rings (SSSR count). The van der Waals surface area contributed by atoms with Crippen LogP contribution < -0.4 is 109 Å². The van der Waals surface area contributed by atoms with Gasteiger partial charge in [0, 0.05) is 0 Å². The molecule has 0 unspecified atom stereocenters. The summed E-state index contributed by atoms with van der Waals surface area (Å²) in [4.78, 5) is 32.0. The number of carbonyl (C=O) groups excluding carboxylic acids is 3. The number of carboxylic acid groups (broad SMARTS) is 3. The molecular formula is C11H7Na3O8. The number of rotatable bonds is 7. The molecular weight excluding hydrogens is 329 g/mol. The Hall–Kier alpha value is 0.390. The minimum Gasteiger partial charge on any atom is -0.548 e. The van der Waals surface area contributed by atoms with Crippen LogP contribution in [0.2, 0.25) is 0 Å². The second-order valence-corrected chi connectivity index (χ2v) is 3.27. The van der Waals surface area contributed by atoms with Crippen LogP contribution in [0.3, 0.4) is 0 Å². The molecule has 0 aromatic heterocycles. The van der Waals surface area contributed by atoms with E-state index in [1.54, 1.807) is 6.07 Å².